The normalized spacial score (nSPS) is 21.2. The molecule has 0 saturated heterocycles. The van der Waals surface area contributed by atoms with Gasteiger partial charge in [-0.25, -0.2) is 0 Å². The molecule has 0 spiro atoms. The van der Waals surface area contributed by atoms with Gasteiger partial charge in [0.05, 0.1) is 0 Å². The molecule has 5 heteroatoms. The fourth-order valence-electron chi connectivity index (χ4n) is 2.15. The summed E-state index contributed by atoms with van der Waals surface area (Å²) < 4.78 is 5.20. The molecular weight excluding hydrogens is 230 g/mol. The second-order valence-corrected chi connectivity index (χ2v) is 5.14. The van der Waals surface area contributed by atoms with Crippen LogP contribution in [0.15, 0.2) is 16.7 Å². The number of hydrogen-bond donors (Lipinski definition) is 1. The van der Waals surface area contributed by atoms with Gasteiger partial charge in [0.15, 0.2) is 5.82 Å². The van der Waals surface area contributed by atoms with Gasteiger partial charge >= 0.3 is 0 Å². The summed E-state index contributed by atoms with van der Waals surface area (Å²) in [5.41, 5.74) is 0. The maximum atomic E-state index is 11.9. The van der Waals surface area contributed by atoms with Crippen LogP contribution in [0.1, 0.15) is 56.3 Å². The zero-order valence-electron chi connectivity index (χ0n) is 10.4. The van der Waals surface area contributed by atoms with Gasteiger partial charge in [-0.15, -0.1) is 0 Å². The molecule has 1 aromatic rings. The molecule has 0 bridgehead atoms. The Morgan fingerprint density at radius 2 is 2.17 bits per heavy atom. The van der Waals surface area contributed by atoms with E-state index in [1.807, 2.05) is 19.1 Å². The monoisotopic (exact) mass is 247 g/mol. The van der Waals surface area contributed by atoms with Crippen molar-refractivity contribution < 1.29 is 9.32 Å². The Kier molecular flexibility index (Phi) is 2.89. The molecule has 1 saturated carbocycles. The van der Waals surface area contributed by atoms with E-state index in [9.17, 15) is 4.79 Å². The number of rotatable bonds is 4. The van der Waals surface area contributed by atoms with Crippen LogP contribution in [0, 0.1) is 5.92 Å². The number of allylic oxidation sites excluding steroid dienone is 2. The van der Waals surface area contributed by atoms with E-state index in [-0.39, 0.29) is 17.9 Å². The second kappa shape index (κ2) is 4.55. The standard InChI is InChI=1S/C13H17N3O2/c1-8(14-12(17)10-4-2-3-5-10)13-15-11(16-18-13)9-6-7-9/h2-3,8-10H,4-7H2,1H3,(H,14,17)/t8-/m0/s1. The number of nitrogens with one attached hydrogen (secondary N) is 1. The highest BCUT2D eigenvalue weighted by molar-refractivity contribution is 5.79. The van der Waals surface area contributed by atoms with E-state index in [4.69, 9.17) is 4.52 Å². The zero-order valence-corrected chi connectivity index (χ0v) is 10.4. The Morgan fingerprint density at radius 1 is 1.44 bits per heavy atom. The molecule has 1 atom stereocenters. The minimum atomic E-state index is -0.210. The minimum absolute atomic E-state index is 0.0678. The highest BCUT2D eigenvalue weighted by Crippen LogP contribution is 2.38. The van der Waals surface area contributed by atoms with Crippen molar-refractivity contribution in [3.63, 3.8) is 0 Å². The number of amides is 1. The minimum Gasteiger partial charge on any atom is -0.344 e. The van der Waals surface area contributed by atoms with E-state index < -0.39 is 0 Å². The van der Waals surface area contributed by atoms with Crippen molar-refractivity contribution in [1.29, 1.82) is 0 Å². The molecule has 2 aliphatic carbocycles. The van der Waals surface area contributed by atoms with E-state index in [0.717, 1.165) is 31.5 Å². The summed E-state index contributed by atoms with van der Waals surface area (Å²) in [7, 11) is 0. The number of carbonyl (C=O) groups is 1. The van der Waals surface area contributed by atoms with Gasteiger partial charge in [-0.1, -0.05) is 17.3 Å². The van der Waals surface area contributed by atoms with E-state index in [1.54, 1.807) is 0 Å². The van der Waals surface area contributed by atoms with Gasteiger partial charge in [0, 0.05) is 11.8 Å². The lowest BCUT2D eigenvalue weighted by Crippen LogP contribution is -2.31. The maximum absolute atomic E-state index is 11.9. The van der Waals surface area contributed by atoms with Crippen molar-refractivity contribution in [1.82, 2.24) is 15.5 Å². The fraction of sp³-hybridized carbons (Fsp3) is 0.615. The van der Waals surface area contributed by atoms with Crippen LogP contribution in [0.3, 0.4) is 0 Å². The van der Waals surface area contributed by atoms with Crippen molar-refractivity contribution >= 4 is 5.91 Å². The highest BCUT2D eigenvalue weighted by Gasteiger charge is 2.30. The molecule has 96 valence electrons. The van der Waals surface area contributed by atoms with Gasteiger partial charge in [-0.2, -0.15) is 4.98 Å². The third kappa shape index (κ3) is 2.30. The van der Waals surface area contributed by atoms with Gasteiger partial charge in [0.2, 0.25) is 11.8 Å². The molecule has 1 aromatic heterocycles. The average molecular weight is 247 g/mol. The van der Waals surface area contributed by atoms with Crippen LogP contribution in [-0.4, -0.2) is 16.0 Å². The summed E-state index contributed by atoms with van der Waals surface area (Å²) in [4.78, 5) is 16.3. The van der Waals surface area contributed by atoms with Crippen molar-refractivity contribution in [2.75, 3.05) is 0 Å². The molecule has 1 N–H and O–H groups in total. The lowest BCUT2D eigenvalue weighted by atomic mass is 10.1. The van der Waals surface area contributed by atoms with Crippen LogP contribution in [0.4, 0.5) is 0 Å². The Balaban J connectivity index is 1.59. The first-order chi connectivity index (χ1) is 8.74. The van der Waals surface area contributed by atoms with Crippen LogP contribution < -0.4 is 5.32 Å². The smallest absolute Gasteiger partial charge is 0.248 e. The quantitative estimate of drug-likeness (QED) is 0.827. The third-order valence-electron chi connectivity index (χ3n) is 3.51. The van der Waals surface area contributed by atoms with E-state index >= 15 is 0 Å². The molecular formula is C13H17N3O2. The molecule has 0 aliphatic heterocycles. The lowest BCUT2D eigenvalue weighted by molar-refractivity contribution is -0.125. The van der Waals surface area contributed by atoms with Crippen LogP contribution in [0.5, 0.6) is 0 Å². The lowest BCUT2D eigenvalue weighted by Gasteiger charge is -2.13. The summed E-state index contributed by atoms with van der Waals surface area (Å²) in [6.45, 7) is 1.88. The molecule has 5 nitrogen and oxygen atoms in total. The molecule has 18 heavy (non-hydrogen) atoms. The van der Waals surface area contributed by atoms with Crippen LogP contribution in [0.2, 0.25) is 0 Å². The summed E-state index contributed by atoms with van der Waals surface area (Å²) in [5.74, 6) is 1.91. The SMILES string of the molecule is C[C@H](NC(=O)C1CC=CC1)c1nc(C2CC2)no1. The fourth-order valence-corrected chi connectivity index (χ4v) is 2.15. The molecule has 1 fully saturated rings. The highest BCUT2D eigenvalue weighted by atomic mass is 16.5. The molecule has 1 heterocycles. The number of carbonyl (C=O) groups excluding carboxylic acids is 1. The Morgan fingerprint density at radius 3 is 2.83 bits per heavy atom. The van der Waals surface area contributed by atoms with Crippen molar-refractivity contribution in [3.8, 4) is 0 Å². The van der Waals surface area contributed by atoms with Crippen LogP contribution in [0.25, 0.3) is 0 Å². The third-order valence-corrected chi connectivity index (χ3v) is 3.51. The Hall–Kier alpha value is -1.65. The average Bonchev–Trinajstić information content (AvgIpc) is 2.91. The van der Waals surface area contributed by atoms with Gasteiger partial charge in [-0.05, 0) is 32.6 Å². The predicted molar refractivity (Wildman–Crippen MR) is 64.7 cm³/mol. The summed E-state index contributed by atoms with van der Waals surface area (Å²) >= 11 is 0. The van der Waals surface area contributed by atoms with Gasteiger partial charge in [0.1, 0.15) is 6.04 Å². The van der Waals surface area contributed by atoms with Gasteiger partial charge in [-0.3, -0.25) is 4.79 Å². The number of aromatic nitrogens is 2. The van der Waals surface area contributed by atoms with E-state index in [2.05, 4.69) is 15.5 Å². The first kappa shape index (κ1) is 11.4. The summed E-state index contributed by atoms with van der Waals surface area (Å²) in [6.07, 6.45) is 8.05. The topological polar surface area (TPSA) is 68.0 Å². The molecule has 2 aliphatic rings. The first-order valence-corrected chi connectivity index (χ1v) is 6.53. The van der Waals surface area contributed by atoms with Gasteiger partial charge < -0.3 is 9.84 Å². The van der Waals surface area contributed by atoms with Crippen molar-refractivity contribution in [2.24, 2.45) is 5.92 Å². The molecule has 0 unspecified atom stereocenters. The maximum Gasteiger partial charge on any atom is 0.248 e. The summed E-state index contributed by atoms with van der Waals surface area (Å²) in [6, 6.07) is -0.210. The van der Waals surface area contributed by atoms with Crippen molar-refractivity contribution in [2.45, 2.75) is 44.6 Å². The zero-order chi connectivity index (χ0) is 12.5. The second-order valence-electron chi connectivity index (χ2n) is 5.14. The predicted octanol–water partition coefficient (Wildman–Crippen LogP) is 2.09. The number of nitrogens with zero attached hydrogens (tertiary/aromatic N) is 2. The Bertz CT molecular complexity index is 468. The molecule has 1 amide bonds. The van der Waals surface area contributed by atoms with Crippen LogP contribution in [-0.2, 0) is 4.79 Å². The van der Waals surface area contributed by atoms with Gasteiger partial charge in [0.25, 0.3) is 0 Å². The van der Waals surface area contributed by atoms with Crippen molar-refractivity contribution in [3.05, 3.63) is 23.9 Å². The molecule has 0 radical (unpaired) electrons. The molecule has 3 rings (SSSR count). The largest absolute Gasteiger partial charge is 0.344 e. The van der Waals surface area contributed by atoms with Crippen LogP contribution >= 0.6 is 0 Å². The first-order valence-electron chi connectivity index (χ1n) is 6.53. The van der Waals surface area contributed by atoms with E-state index in [0.29, 0.717) is 11.8 Å². The molecule has 0 aromatic carbocycles. The number of hydrogen-bond acceptors (Lipinski definition) is 4. The Labute approximate surface area is 106 Å². The summed E-state index contributed by atoms with van der Waals surface area (Å²) in [5, 5.41) is 6.89. The van der Waals surface area contributed by atoms with E-state index in [1.165, 1.54) is 0 Å².